The number of anilines is 1. The Bertz CT molecular complexity index is 1060. The molecule has 0 fully saturated rings. The molecule has 0 saturated carbocycles. The molecule has 4 aromatic rings. The van der Waals surface area contributed by atoms with Crippen molar-refractivity contribution < 1.29 is 4.79 Å². The highest BCUT2D eigenvalue weighted by Crippen LogP contribution is 2.32. The summed E-state index contributed by atoms with van der Waals surface area (Å²) in [4.78, 5) is 20.5. The number of carbonyl (C=O) groups excluding carboxylic acids is 1. The summed E-state index contributed by atoms with van der Waals surface area (Å²) in [5.74, 6) is 0.0864. The van der Waals surface area contributed by atoms with Crippen LogP contribution in [0.15, 0.2) is 90.1 Å². The zero-order chi connectivity index (χ0) is 20.1. The first kappa shape index (κ1) is 19.3. The van der Waals surface area contributed by atoms with Crippen molar-refractivity contribution in [2.24, 2.45) is 0 Å². The number of rotatable bonds is 6. The van der Waals surface area contributed by atoms with E-state index in [2.05, 4.69) is 10.3 Å². The van der Waals surface area contributed by atoms with Crippen LogP contribution in [0, 0.1) is 0 Å². The number of amides is 1. The van der Waals surface area contributed by atoms with E-state index >= 15 is 0 Å². The van der Waals surface area contributed by atoms with Crippen molar-refractivity contribution in [1.29, 1.82) is 0 Å². The lowest BCUT2D eigenvalue weighted by atomic mass is 10.1. The minimum Gasteiger partial charge on any atom is -0.332 e. The molecule has 0 aliphatic heterocycles. The molecule has 0 atom stereocenters. The number of aromatic amines is 1. The van der Waals surface area contributed by atoms with Gasteiger partial charge in [0.25, 0.3) is 0 Å². The summed E-state index contributed by atoms with van der Waals surface area (Å²) >= 11 is 7.46. The summed E-state index contributed by atoms with van der Waals surface area (Å²) in [6, 6.07) is 27.2. The Labute approximate surface area is 178 Å². The average molecular weight is 420 g/mol. The molecule has 4 nitrogen and oxygen atoms in total. The minimum absolute atomic E-state index is 0.137. The SMILES string of the molecule is O=C(CSc1nc(-c2ccccc2)c(-c2ccccc2)[nH]1)Nc1ccccc1Cl. The predicted molar refractivity (Wildman–Crippen MR) is 120 cm³/mol. The average Bonchev–Trinajstić information content (AvgIpc) is 3.20. The highest BCUT2D eigenvalue weighted by atomic mass is 35.5. The first-order chi connectivity index (χ1) is 14.2. The number of hydrogen-bond acceptors (Lipinski definition) is 3. The third kappa shape index (κ3) is 4.70. The van der Waals surface area contributed by atoms with Crippen LogP contribution in [-0.2, 0) is 4.79 Å². The predicted octanol–water partition coefficient (Wildman–Crippen LogP) is 6.13. The molecule has 2 N–H and O–H groups in total. The monoisotopic (exact) mass is 419 g/mol. The van der Waals surface area contributed by atoms with Gasteiger partial charge in [0.1, 0.15) is 0 Å². The van der Waals surface area contributed by atoms with Gasteiger partial charge in [-0.2, -0.15) is 0 Å². The first-order valence-corrected chi connectivity index (χ1v) is 10.4. The van der Waals surface area contributed by atoms with Crippen molar-refractivity contribution in [2.75, 3.05) is 11.1 Å². The molecule has 0 aliphatic rings. The Balaban J connectivity index is 1.54. The van der Waals surface area contributed by atoms with Crippen LogP contribution in [0.5, 0.6) is 0 Å². The number of halogens is 1. The van der Waals surface area contributed by atoms with Gasteiger partial charge >= 0.3 is 0 Å². The highest BCUT2D eigenvalue weighted by molar-refractivity contribution is 7.99. The molecule has 3 aromatic carbocycles. The van der Waals surface area contributed by atoms with Crippen molar-refractivity contribution in [3.63, 3.8) is 0 Å². The van der Waals surface area contributed by atoms with E-state index in [-0.39, 0.29) is 11.7 Å². The topological polar surface area (TPSA) is 57.8 Å². The number of hydrogen-bond donors (Lipinski definition) is 2. The zero-order valence-electron chi connectivity index (χ0n) is 15.4. The summed E-state index contributed by atoms with van der Waals surface area (Å²) in [6.07, 6.45) is 0. The van der Waals surface area contributed by atoms with Crippen molar-refractivity contribution in [3.05, 3.63) is 90.0 Å². The lowest BCUT2D eigenvalue weighted by molar-refractivity contribution is -0.113. The number of benzene rings is 3. The van der Waals surface area contributed by atoms with Gasteiger partial charge in [0, 0.05) is 11.1 Å². The van der Waals surface area contributed by atoms with Crippen LogP contribution >= 0.6 is 23.4 Å². The number of nitrogens with one attached hydrogen (secondary N) is 2. The van der Waals surface area contributed by atoms with Gasteiger partial charge in [-0.05, 0) is 12.1 Å². The Morgan fingerprint density at radius 1 is 0.897 bits per heavy atom. The Morgan fingerprint density at radius 2 is 1.52 bits per heavy atom. The van der Waals surface area contributed by atoms with Gasteiger partial charge in [-0.25, -0.2) is 4.98 Å². The largest absolute Gasteiger partial charge is 0.332 e. The standard InChI is InChI=1S/C23H18ClN3OS/c24-18-13-7-8-14-19(18)25-20(28)15-29-23-26-21(16-9-3-1-4-10-16)22(27-23)17-11-5-2-6-12-17/h1-14H,15H2,(H,25,28)(H,26,27). The van der Waals surface area contributed by atoms with Crippen LogP contribution < -0.4 is 5.32 Å². The molecule has 0 bridgehead atoms. The molecule has 144 valence electrons. The van der Waals surface area contributed by atoms with Crippen LogP contribution in [0.3, 0.4) is 0 Å². The maximum Gasteiger partial charge on any atom is 0.234 e. The third-order valence-electron chi connectivity index (χ3n) is 4.28. The van der Waals surface area contributed by atoms with E-state index in [1.807, 2.05) is 72.8 Å². The number of aromatic nitrogens is 2. The molecule has 0 radical (unpaired) electrons. The highest BCUT2D eigenvalue weighted by Gasteiger charge is 2.15. The molecular formula is C23H18ClN3OS. The van der Waals surface area contributed by atoms with Gasteiger partial charge in [-0.3, -0.25) is 4.79 Å². The number of para-hydroxylation sites is 1. The van der Waals surface area contributed by atoms with Crippen molar-refractivity contribution in [2.45, 2.75) is 5.16 Å². The van der Waals surface area contributed by atoms with Crippen LogP contribution in [0.4, 0.5) is 5.69 Å². The summed E-state index contributed by atoms with van der Waals surface area (Å²) < 4.78 is 0. The fraction of sp³-hybridized carbons (Fsp3) is 0.0435. The summed E-state index contributed by atoms with van der Waals surface area (Å²) in [7, 11) is 0. The van der Waals surface area contributed by atoms with Gasteiger partial charge in [-0.15, -0.1) is 0 Å². The minimum atomic E-state index is -0.137. The molecule has 4 rings (SSSR count). The molecule has 0 spiro atoms. The van der Waals surface area contributed by atoms with Crippen LogP contribution in [0.2, 0.25) is 5.02 Å². The molecule has 1 amide bonds. The number of thioether (sulfide) groups is 1. The summed E-state index contributed by atoms with van der Waals surface area (Å²) in [6.45, 7) is 0. The van der Waals surface area contributed by atoms with E-state index in [1.54, 1.807) is 12.1 Å². The number of nitrogens with zero attached hydrogens (tertiary/aromatic N) is 1. The quantitative estimate of drug-likeness (QED) is 0.370. The zero-order valence-corrected chi connectivity index (χ0v) is 17.0. The lowest BCUT2D eigenvalue weighted by Gasteiger charge is -2.05. The maximum absolute atomic E-state index is 12.3. The first-order valence-electron chi connectivity index (χ1n) is 9.09. The van der Waals surface area contributed by atoms with Crippen molar-refractivity contribution >= 4 is 35.0 Å². The summed E-state index contributed by atoms with van der Waals surface area (Å²) in [5, 5.41) is 4.04. The van der Waals surface area contributed by atoms with E-state index in [0.29, 0.717) is 15.9 Å². The maximum atomic E-state index is 12.3. The second-order valence-corrected chi connectivity index (χ2v) is 7.69. The van der Waals surface area contributed by atoms with Crippen LogP contribution in [0.25, 0.3) is 22.5 Å². The van der Waals surface area contributed by atoms with Crippen molar-refractivity contribution in [1.82, 2.24) is 9.97 Å². The molecule has 29 heavy (non-hydrogen) atoms. The van der Waals surface area contributed by atoms with E-state index < -0.39 is 0 Å². The molecule has 0 saturated heterocycles. The Morgan fingerprint density at radius 3 is 2.21 bits per heavy atom. The Hall–Kier alpha value is -3.02. The van der Waals surface area contributed by atoms with Gasteiger partial charge < -0.3 is 10.3 Å². The van der Waals surface area contributed by atoms with Gasteiger partial charge in [0.2, 0.25) is 5.91 Å². The fourth-order valence-corrected chi connectivity index (χ4v) is 3.77. The lowest BCUT2D eigenvalue weighted by Crippen LogP contribution is -2.14. The molecular weight excluding hydrogens is 402 g/mol. The van der Waals surface area contributed by atoms with E-state index in [9.17, 15) is 4.79 Å². The van der Waals surface area contributed by atoms with Gasteiger partial charge in [-0.1, -0.05) is 96.2 Å². The molecule has 0 aliphatic carbocycles. The van der Waals surface area contributed by atoms with E-state index in [4.69, 9.17) is 16.6 Å². The smallest absolute Gasteiger partial charge is 0.234 e. The second-order valence-electron chi connectivity index (χ2n) is 6.31. The number of carbonyl (C=O) groups is 1. The second kappa shape index (κ2) is 8.99. The molecule has 1 heterocycles. The number of H-pyrrole nitrogens is 1. The summed E-state index contributed by atoms with van der Waals surface area (Å²) in [5.41, 5.74) is 4.48. The van der Waals surface area contributed by atoms with Gasteiger partial charge in [0.05, 0.1) is 27.9 Å². The normalized spacial score (nSPS) is 10.7. The number of imidazole rings is 1. The van der Waals surface area contributed by atoms with E-state index in [1.165, 1.54) is 11.8 Å². The molecule has 6 heteroatoms. The van der Waals surface area contributed by atoms with Crippen molar-refractivity contribution in [3.8, 4) is 22.5 Å². The third-order valence-corrected chi connectivity index (χ3v) is 5.48. The van der Waals surface area contributed by atoms with Gasteiger partial charge in [0.15, 0.2) is 5.16 Å². The molecule has 1 aromatic heterocycles. The fourth-order valence-electron chi connectivity index (χ4n) is 2.92. The Kier molecular flexibility index (Phi) is 5.98. The van der Waals surface area contributed by atoms with Crippen LogP contribution in [0.1, 0.15) is 0 Å². The van der Waals surface area contributed by atoms with E-state index in [0.717, 1.165) is 22.5 Å². The molecule has 0 unspecified atom stereocenters. The van der Waals surface area contributed by atoms with Crippen LogP contribution in [-0.4, -0.2) is 21.6 Å².